The summed E-state index contributed by atoms with van der Waals surface area (Å²) in [6.07, 6.45) is -2.97. The first-order chi connectivity index (χ1) is 6.60. The summed E-state index contributed by atoms with van der Waals surface area (Å²) in [6.45, 7) is -0.485. The lowest BCUT2D eigenvalue weighted by atomic mass is 10.2. The van der Waals surface area contributed by atoms with Crippen molar-refractivity contribution >= 4 is 15.9 Å². The third-order valence-electron chi connectivity index (χ3n) is 1.67. The smallest absolute Gasteiger partial charge is 0.283 e. The van der Waals surface area contributed by atoms with Crippen molar-refractivity contribution in [3.8, 4) is 0 Å². The van der Waals surface area contributed by atoms with E-state index in [0.29, 0.717) is 5.56 Å². The SMILES string of the molecule is OCc1nc(C(F)F)c(F)cc1CBr. The molecule has 0 aliphatic rings. The highest BCUT2D eigenvalue weighted by Gasteiger charge is 2.18. The van der Waals surface area contributed by atoms with Crippen molar-refractivity contribution in [2.24, 2.45) is 0 Å². The molecule has 1 N–H and O–H groups in total. The maximum atomic E-state index is 13.0. The van der Waals surface area contributed by atoms with Crippen LogP contribution in [0.1, 0.15) is 23.4 Å². The molecule has 0 aliphatic heterocycles. The second kappa shape index (κ2) is 4.75. The quantitative estimate of drug-likeness (QED) is 0.856. The fourth-order valence-corrected chi connectivity index (χ4v) is 1.47. The van der Waals surface area contributed by atoms with Crippen molar-refractivity contribution in [3.05, 3.63) is 28.8 Å². The summed E-state index contributed by atoms with van der Waals surface area (Å²) in [5.41, 5.74) is -0.480. The fourth-order valence-electron chi connectivity index (χ4n) is 0.986. The lowest BCUT2D eigenvalue weighted by molar-refractivity contribution is 0.139. The molecule has 78 valence electrons. The molecular weight excluding hydrogens is 263 g/mol. The number of rotatable bonds is 3. The van der Waals surface area contributed by atoms with Gasteiger partial charge in [0.2, 0.25) is 0 Å². The van der Waals surface area contributed by atoms with Gasteiger partial charge in [0.05, 0.1) is 12.3 Å². The molecule has 0 bridgehead atoms. The Morgan fingerprint density at radius 2 is 2.14 bits per heavy atom. The molecule has 0 atom stereocenters. The number of aliphatic hydroxyl groups is 1. The van der Waals surface area contributed by atoms with Gasteiger partial charge in [0, 0.05) is 5.33 Å². The van der Waals surface area contributed by atoms with Crippen molar-refractivity contribution in [3.63, 3.8) is 0 Å². The van der Waals surface area contributed by atoms with Crippen LogP contribution in [0.15, 0.2) is 6.07 Å². The second-order valence-corrected chi connectivity index (χ2v) is 3.11. The van der Waals surface area contributed by atoms with E-state index in [-0.39, 0.29) is 11.0 Å². The zero-order valence-electron chi connectivity index (χ0n) is 6.98. The summed E-state index contributed by atoms with van der Waals surface area (Å²) >= 11 is 3.04. The molecule has 0 saturated carbocycles. The standard InChI is InChI=1S/C8H7BrF3NO/c9-2-4-1-5(10)7(8(11)12)13-6(4)3-14/h1,8,14H,2-3H2. The van der Waals surface area contributed by atoms with Crippen LogP contribution in [0.4, 0.5) is 13.2 Å². The highest BCUT2D eigenvalue weighted by molar-refractivity contribution is 9.08. The van der Waals surface area contributed by atoms with Gasteiger partial charge in [0.15, 0.2) is 5.82 Å². The van der Waals surface area contributed by atoms with Gasteiger partial charge in [-0.15, -0.1) is 0 Å². The Balaban J connectivity index is 3.23. The normalized spacial score (nSPS) is 11.0. The largest absolute Gasteiger partial charge is 0.390 e. The molecule has 6 heteroatoms. The number of halogens is 4. The average molecular weight is 270 g/mol. The van der Waals surface area contributed by atoms with Crippen LogP contribution in [0.5, 0.6) is 0 Å². The second-order valence-electron chi connectivity index (χ2n) is 2.55. The first-order valence-corrected chi connectivity index (χ1v) is 4.85. The minimum Gasteiger partial charge on any atom is -0.390 e. The maximum absolute atomic E-state index is 13.0. The van der Waals surface area contributed by atoms with Crippen molar-refractivity contribution < 1.29 is 18.3 Å². The Morgan fingerprint density at radius 3 is 2.57 bits per heavy atom. The van der Waals surface area contributed by atoms with Gasteiger partial charge in [-0.3, -0.25) is 0 Å². The topological polar surface area (TPSA) is 33.1 Å². The van der Waals surface area contributed by atoms with Gasteiger partial charge in [-0.05, 0) is 11.6 Å². The average Bonchev–Trinajstić information content (AvgIpc) is 2.16. The molecule has 0 radical (unpaired) electrons. The Hall–Kier alpha value is -0.620. The highest BCUT2D eigenvalue weighted by Crippen LogP contribution is 2.23. The van der Waals surface area contributed by atoms with E-state index in [9.17, 15) is 13.2 Å². The minimum atomic E-state index is -2.97. The number of aromatic nitrogens is 1. The van der Waals surface area contributed by atoms with Gasteiger partial charge in [0.25, 0.3) is 6.43 Å². The Labute approximate surface area is 86.9 Å². The predicted molar refractivity (Wildman–Crippen MR) is 47.7 cm³/mol. The number of alkyl halides is 3. The summed E-state index contributed by atoms with van der Waals surface area (Å²) in [5, 5.41) is 9.06. The van der Waals surface area contributed by atoms with E-state index in [4.69, 9.17) is 5.11 Å². The van der Waals surface area contributed by atoms with Gasteiger partial charge in [-0.2, -0.15) is 0 Å². The molecule has 1 rings (SSSR count). The monoisotopic (exact) mass is 269 g/mol. The lowest BCUT2D eigenvalue weighted by Crippen LogP contribution is -2.04. The van der Waals surface area contributed by atoms with Gasteiger partial charge in [-0.25, -0.2) is 18.2 Å². The third kappa shape index (κ3) is 2.24. The highest BCUT2D eigenvalue weighted by atomic mass is 79.9. The molecule has 14 heavy (non-hydrogen) atoms. The molecule has 1 aromatic heterocycles. The van der Waals surface area contributed by atoms with Crippen molar-refractivity contribution in [2.45, 2.75) is 18.4 Å². The van der Waals surface area contributed by atoms with E-state index < -0.39 is 24.5 Å². The summed E-state index contributed by atoms with van der Waals surface area (Å²) in [4.78, 5) is 3.36. The van der Waals surface area contributed by atoms with Gasteiger partial charge >= 0.3 is 0 Å². The lowest BCUT2D eigenvalue weighted by Gasteiger charge is -2.07. The van der Waals surface area contributed by atoms with Crippen LogP contribution < -0.4 is 0 Å². The summed E-state index contributed by atoms with van der Waals surface area (Å²) in [6, 6.07) is 0.953. The van der Waals surface area contributed by atoms with E-state index >= 15 is 0 Å². The molecule has 0 amide bonds. The molecule has 1 aromatic rings. The first kappa shape index (κ1) is 11.5. The Kier molecular flexibility index (Phi) is 3.88. The van der Waals surface area contributed by atoms with Crippen LogP contribution in [0, 0.1) is 5.82 Å². The van der Waals surface area contributed by atoms with E-state index in [1.54, 1.807) is 0 Å². The van der Waals surface area contributed by atoms with Gasteiger partial charge < -0.3 is 5.11 Å². The van der Waals surface area contributed by atoms with E-state index in [0.717, 1.165) is 6.07 Å². The summed E-state index contributed by atoms with van der Waals surface area (Å²) in [7, 11) is 0. The van der Waals surface area contributed by atoms with Crippen LogP contribution in [-0.2, 0) is 11.9 Å². The van der Waals surface area contributed by atoms with Crippen molar-refractivity contribution in [2.75, 3.05) is 0 Å². The molecule has 1 heterocycles. The number of pyridine rings is 1. The molecule has 0 aromatic carbocycles. The Morgan fingerprint density at radius 1 is 1.50 bits per heavy atom. The molecule has 0 aliphatic carbocycles. The van der Waals surface area contributed by atoms with Crippen LogP contribution in [0.3, 0.4) is 0 Å². The van der Waals surface area contributed by atoms with Crippen LogP contribution in [0.25, 0.3) is 0 Å². The molecule has 0 unspecified atom stereocenters. The van der Waals surface area contributed by atoms with Gasteiger partial charge in [0.1, 0.15) is 5.69 Å². The molecule has 0 fully saturated rings. The Bertz CT molecular complexity index is 333. The minimum absolute atomic E-state index is 0.0681. The zero-order chi connectivity index (χ0) is 10.7. The number of aliphatic hydroxyl groups excluding tert-OH is 1. The maximum Gasteiger partial charge on any atom is 0.283 e. The summed E-state index contributed by atoms with van der Waals surface area (Å²) in [5.74, 6) is -1.05. The number of hydrogen-bond donors (Lipinski definition) is 1. The molecular formula is C8H7BrF3NO. The van der Waals surface area contributed by atoms with Crippen molar-refractivity contribution in [1.82, 2.24) is 4.98 Å². The molecule has 0 saturated heterocycles. The summed E-state index contributed by atoms with van der Waals surface area (Å²) < 4.78 is 37.3. The van der Waals surface area contributed by atoms with Crippen LogP contribution in [-0.4, -0.2) is 10.1 Å². The van der Waals surface area contributed by atoms with E-state index in [2.05, 4.69) is 20.9 Å². The first-order valence-electron chi connectivity index (χ1n) is 3.73. The third-order valence-corrected chi connectivity index (χ3v) is 2.28. The van der Waals surface area contributed by atoms with Crippen LogP contribution in [0.2, 0.25) is 0 Å². The van der Waals surface area contributed by atoms with Crippen molar-refractivity contribution in [1.29, 1.82) is 0 Å². The van der Waals surface area contributed by atoms with Gasteiger partial charge in [-0.1, -0.05) is 15.9 Å². The number of nitrogens with zero attached hydrogens (tertiary/aromatic N) is 1. The fraction of sp³-hybridized carbons (Fsp3) is 0.375. The van der Waals surface area contributed by atoms with E-state index in [1.165, 1.54) is 0 Å². The van der Waals surface area contributed by atoms with Crippen LogP contribution >= 0.6 is 15.9 Å². The van der Waals surface area contributed by atoms with E-state index in [1.807, 2.05) is 0 Å². The molecule has 0 spiro atoms. The zero-order valence-corrected chi connectivity index (χ0v) is 8.56. The molecule has 2 nitrogen and oxygen atoms in total. The predicted octanol–water partition coefficient (Wildman–Crippen LogP) is 2.55. The number of hydrogen-bond acceptors (Lipinski definition) is 2.